The quantitative estimate of drug-likeness (QED) is 0.513. The summed E-state index contributed by atoms with van der Waals surface area (Å²) in [6, 6.07) is 9.21. The fourth-order valence-electron chi connectivity index (χ4n) is 4.13. The number of nitrogens with one attached hydrogen (secondary N) is 1. The molecule has 8 nitrogen and oxygen atoms in total. The molecule has 0 spiro atoms. The number of aromatic nitrogens is 2. The van der Waals surface area contributed by atoms with Crippen LogP contribution in [0.2, 0.25) is 5.02 Å². The first-order valence-electron chi connectivity index (χ1n) is 10.7. The molecule has 0 unspecified atom stereocenters. The number of aryl methyl sites for hydroxylation is 1. The lowest BCUT2D eigenvalue weighted by molar-refractivity contribution is -0.137. The molecule has 1 aliphatic heterocycles. The summed E-state index contributed by atoms with van der Waals surface area (Å²) in [5.74, 6) is -0.749. The van der Waals surface area contributed by atoms with E-state index in [2.05, 4.69) is 10.3 Å². The van der Waals surface area contributed by atoms with Crippen LogP contribution in [0.3, 0.4) is 0 Å². The highest BCUT2D eigenvalue weighted by molar-refractivity contribution is 7.89. The number of hydrogen-bond acceptors (Lipinski definition) is 5. The van der Waals surface area contributed by atoms with Crippen LogP contribution in [-0.4, -0.2) is 54.4 Å². The Balaban J connectivity index is 1.66. The zero-order valence-electron chi connectivity index (χ0n) is 19.2. The molecule has 0 saturated carbocycles. The summed E-state index contributed by atoms with van der Waals surface area (Å²) in [6.07, 6.45) is -2.01. The van der Waals surface area contributed by atoms with Crippen molar-refractivity contribution in [1.82, 2.24) is 19.2 Å². The summed E-state index contributed by atoms with van der Waals surface area (Å²) in [5, 5.41) is 1.83. The van der Waals surface area contributed by atoms with Crippen molar-refractivity contribution < 1.29 is 31.1 Å². The van der Waals surface area contributed by atoms with E-state index in [9.17, 15) is 26.4 Å². The van der Waals surface area contributed by atoms with Gasteiger partial charge in [0.2, 0.25) is 0 Å². The van der Waals surface area contributed by atoms with E-state index in [1.807, 2.05) is 0 Å². The Kier molecular flexibility index (Phi) is 7.04. The molecule has 2 atom stereocenters. The zero-order valence-corrected chi connectivity index (χ0v) is 20.7. The second-order valence-electron chi connectivity index (χ2n) is 8.32. The van der Waals surface area contributed by atoms with Crippen LogP contribution in [0, 0.1) is 0 Å². The van der Waals surface area contributed by atoms with Gasteiger partial charge in [-0.25, -0.2) is 13.4 Å². The molecule has 1 aliphatic rings. The molecule has 4 rings (SSSR count). The molecule has 1 aromatic heterocycles. The third-order valence-electron chi connectivity index (χ3n) is 5.98. The lowest BCUT2D eigenvalue weighted by Gasteiger charge is -2.21. The number of amides is 1. The largest absolute Gasteiger partial charge is 0.497 e. The number of ether oxygens (including phenoxy) is 1. The lowest BCUT2D eigenvalue weighted by atomic mass is 9.94. The molecule has 0 bridgehead atoms. The van der Waals surface area contributed by atoms with Crippen molar-refractivity contribution in [3.8, 4) is 5.75 Å². The van der Waals surface area contributed by atoms with Gasteiger partial charge in [-0.05, 0) is 29.8 Å². The van der Waals surface area contributed by atoms with Crippen molar-refractivity contribution in [3.63, 3.8) is 0 Å². The molecule has 36 heavy (non-hydrogen) atoms. The van der Waals surface area contributed by atoms with Gasteiger partial charge in [-0.2, -0.15) is 17.5 Å². The lowest BCUT2D eigenvalue weighted by Crippen LogP contribution is -2.40. The minimum absolute atomic E-state index is 0.0203. The number of nitrogens with zero attached hydrogens (tertiary/aromatic N) is 3. The summed E-state index contributed by atoms with van der Waals surface area (Å²) in [4.78, 5) is 17.0. The van der Waals surface area contributed by atoms with Gasteiger partial charge in [-0.1, -0.05) is 29.8 Å². The van der Waals surface area contributed by atoms with Gasteiger partial charge in [-0.3, -0.25) is 4.79 Å². The van der Waals surface area contributed by atoms with E-state index in [1.54, 1.807) is 31.3 Å². The molecule has 0 aliphatic carbocycles. The normalized spacial score (nSPS) is 18.8. The highest BCUT2D eigenvalue weighted by atomic mass is 35.5. The zero-order chi connectivity index (χ0) is 26.3. The Morgan fingerprint density at radius 3 is 2.44 bits per heavy atom. The smallest absolute Gasteiger partial charge is 0.417 e. The van der Waals surface area contributed by atoms with Crippen LogP contribution < -0.4 is 10.1 Å². The monoisotopic (exact) mass is 542 g/mol. The second kappa shape index (κ2) is 9.75. The number of imidazole rings is 1. The third-order valence-corrected chi connectivity index (χ3v) is 8.11. The molecule has 2 aromatic carbocycles. The summed E-state index contributed by atoms with van der Waals surface area (Å²) in [7, 11) is -0.844. The molecule has 192 valence electrons. The fourth-order valence-corrected chi connectivity index (χ4v) is 5.90. The molecule has 13 heteroatoms. The predicted octanol–water partition coefficient (Wildman–Crippen LogP) is 3.69. The van der Waals surface area contributed by atoms with Crippen LogP contribution in [0.15, 0.2) is 60.0 Å². The van der Waals surface area contributed by atoms with Crippen LogP contribution in [0.4, 0.5) is 13.2 Å². The highest BCUT2D eigenvalue weighted by Crippen LogP contribution is 2.37. The number of carbonyl (C=O) groups is 1. The molecule has 2 heterocycles. The van der Waals surface area contributed by atoms with E-state index < -0.39 is 44.7 Å². The summed E-state index contributed by atoms with van der Waals surface area (Å²) < 4.78 is 74.1. The van der Waals surface area contributed by atoms with Gasteiger partial charge in [0.25, 0.3) is 15.9 Å². The number of halogens is 4. The summed E-state index contributed by atoms with van der Waals surface area (Å²) >= 11 is 5.93. The summed E-state index contributed by atoms with van der Waals surface area (Å²) in [5.41, 5.74) is -0.768. The van der Waals surface area contributed by atoms with Gasteiger partial charge in [0.1, 0.15) is 5.75 Å². The summed E-state index contributed by atoms with van der Waals surface area (Å²) in [6.45, 7) is -0.0928. The maximum absolute atomic E-state index is 13.3. The standard InChI is InChI=1S/C23H22ClF3N4O4S/c1-30-12-20(28-13-30)36(33,34)31-10-17(14-6-8-15(35-2)9-7-14)19(11-31)29-22(32)16-4-3-5-18(21(16)24)23(25,26)27/h3-9,12-13,17,19H,10-11H2,1-2H3,(H,29,32)/t17-,19+/m0/s1. The van der Waals surface area contributed by atoms with Crippen LogP contribution in [0.1, 0.15) is 27.4 Å². The van der Waals surface area contributed by atoms with E-state index in [0.717, 1.165) is 17.7 Å². The second-order valence-corrected chi connectivity index (χ2v) is 10.6. The van der Waals surface area contributed by atoms with Crippen LogP contribution in [-0.2, 0) is 23.2 Å². The van der Waals surface area contributed by atoms with Crippen LogP contribution in [0.25, 0.3) is 0 Å². The Hall–Kier alpha value is -3.09. The van der Waals surface area contributed by atoms with Crippen molar-refractivity contribution >= 4 is 27.5 Å². The van der Waals surface area contributed by atoms with Gasteiger partial charge < -0.3 is 14.6 Å². The molecule has 0 radical (unpaired) electrons. The first kappa shape index (κ1) is 26.0. The number of methoxy groups -OCH3 is 1. The molecule has 1 amide bonds. The van der Waals surface area contributed by atoms with E-state index >= 15 is 0 Å². The Labute approximate surface area is 210 Å². The molecule has 1 saturated heterocycles. The molecule has 1 fully saturated rings. The highest BCUT2D eigenvalue weighted by Gasteiger charge is 2.42. The topological polar surface area (TPSA) is 93.5 Å². The number of carbonyl (C=O) groups excluding carboxylic acids is 1. The van der Waals surface area contributed by atoms with Gasteiger partial charge in [0, 0.05) is 32.3 Å². The molecule has 1 N–H and O–H groups in total. The average molecular weight is 543 g/mol. The Bertz CT molecular complexity index is 1380. The molecule has 3 aromatic rings. The number of benzene rings is 2. The van der Waals surface area contributed by atoms with E-state index in [4.69, 9.17) is 16.3 Å². The maximum atomic E-state index is 13.3. The van der Waals surface area contributed by atoms with Crippen molar-refractivity contribution in [2.24, 2.45) is 7.05 Å². The number of sulfonamides is 1. The number of hydrogen-bond donors (Lipinski definition) is 1. The van der Waals surface area contributed by atoms with Gasteiger partial charge >= 0.3 is 6.18 Å². The third kappa shape index (κ3) is 5.06. The van der Waals surface area contributed by atoms with Gasteiger partial charge in [0.15, 0.2) is 5.03 Å². The van der Waals surface area contributed by atoms with E-state index in [0.29, 0.717) is 5.75 Å². The van der Waals surface area contributed by atoms with Crippen LogP contribution >= 0.6 is 11.6 Å². The van der Waals surface area contributed by atoms with Crippen molar-refractivity contribution in [2.45, 2.75) is 23.2 Å². The van der Waals surface area contributed by atoms with Crippen molar-refractivity contribution in [2.75, 3.05) is 20.2 Å². The average Bonchev–Trinajstić information content (AvgIpc) is 3.46. The SMILES string of the molecule is COc1ccc([C@@H]2CN(S(=O)(=O)c3cn(C)cn3)C[C@H]2NC(=O)c2cccc(C(F)(F)F)c2Cl)cc1. The van der Waals surface area contributed by atoms with Gasteiger partial charge in [-0.15, -0.1) is 0 Å². The van der Waals surface area contributed by atoms with E-state index in [-0.39, 0.29) is 23.7 Å². The minimum atomic E-state index is -4.74. The molecular weight excluding hydrogens is 521 g/mol. The van der Waals surface area contributed by atoms with Crippen LogP contribution in [0.5, 0.6) is 5.75 Å². The van der Waals surface area contributed by atoms with E-state index in [1.165, 1.54) is 34.6 Å². The minimum Gasteiger partial charge on any atom is -0.497 e. The van der Waals surface area contributed by atoms with Gasteiger partial charge in [0.05, 0.1) is 35.6 Å². The number of rotatable bonds is 6. The van der Waals surface area contributed by atoms with Crippen molar-refractivity contribution in [1.29, 1.82) is 0 Å². The Morgan fingerprint density at radius 2 is 1.86 bits per heavy atom. The molecular formula is C23H22ClF3N4O4S. The Morgan fingerprint density at radius 1 is 1.17 bits per heavy atom. The first-order chi connectivity index (χ1) is 16.9. The maximum Gasteiger partial charge on any atom is 0.417 e. The first-order valence-corrected chi connectivity index (χ1v) is 12.5. The van der Waals surface area contributed by atoms with Crippen molar-refractivity contribution in [3.05, 3.63) is 76.7 Å². The predicted molar refractivity (Wildman–Crippen MR) is 125 cm³/mol. The number of alkyl halides is 3. The fraction of sp³-hybridized carbons (Fsp3) is 0.304.